The van der Waals surface area contributed by atoms with Crippen LogP contribution in [0.15, 0.2) is 77.7 Å². The van der Waals surface area contributed by atoms with Gasteiger partial charge in [0, 0.05) is 50.5 Å². The summed E-state index contributed by atoms with van der Waals surface area (Å²) in [6, 6.07) is 20.6. The Morgan fingerprint density at radius 2 is 1.74 bits per heavy atom. The Hall–Kier alpha value is -3.67. The van der Waals surface area contributed by atoms with E-state index in [9.17, 15) is 13.2 Å². The molecule has 1 saturated heterocycles. The Kier molecular flexibility index (Phi) is 8.30. The first-order valence-electron chi connectivity index (χ1n) is 12.9. The molecule has 2 heterocycles. The van der Waals surface area contributed by atoms with E-state index in [0.29, 0.717) is 24.4 Å². The molecule has 0 saturated carbocycles. The highest BCUT2D eigenvalue weighted by Gasteiger charge is 2.20. The molecule has 11 heteroatoms. The number of aromatic nitrogens is 1. The first kappa shape index (κ1) is 26.9. The summed E-state index contributed by atoms with van der Waals surface area (Å²) in [7, 11) is -3.67. The van der Waals surface area contributed by atoms with Crippen LogP contribution in [0.1, 0.15) is 17.3 Å². The van der Waals surface area contributed by atoms with E-state index in [4.69, 9.17) is 9.72 Å². The molecule has 0 aliphatic carbocycles. The predicted octanol–water partition coefficient (Wildman–Crippen LogP) is 4.05. The average molecular weight is 566 g/mol. The van der Waals surface area contributed by atoms with Crippen molar-refractivity contribution < 1.29 is 17.9 Å². The summed E-state index contributed by atoms with van der Waals surface area (Å²) in [6.07, 6.45) is 0. The van der Waals surface area contributed by atoms with E-state index in [2.05, 4.69) is 25.9 Å². The third kappa shape index (κ3) is 6.67. The van der Waals surface area contributed by atoms with Crippen molar-refractivity contribution >= 4 is 48.3 Å². The molecule has 0 bridgehead atoms. The maximum absolute atomic E-state index is 12.6. The van der Waals surface area contributed by atoms with Crippen molar-refractivity contribution in [3.63, 3.8) is 0 Å². The molecule has 1 aromatic heterocycles. The molecule has 39 heavy (non-hydrogen) atoms. The minimum Gasteiger partial charge on any atom is -0.494 e. The number of ether oxygens (including phenoxy) is 1. The fourth-order valence-electron chi connectivity index (χ4n) is 4.38. The van der Waals surface area contributed by atoms with Gasteiger partial charge in [-0.05, 0) is 61.5 Å². The zero-order valence-corrected chi connectivity index (χ0v) is 23.3. The summed E-state index contributed by atoms with van der Waals surface area (Å²) in [5.41, 5.74) is 1.87. The number of nitrogens with one attached hydrogen (secondary N) is 2. The number of hydrogen-bond acceptors (Lipinski definition) is 8. The smallest absolute Gasteiger partial charge is 0.261 e. The molecular weight excluding hydrogens is 534 g/mol. The van der Waals surface area contributed by atoms with Gasteiger partial charge in [-0.15, -0.1) is 0 Å². The van der Waals surface area contributed by atoms with E-state index in [1.807, 2.05) is 19.1 Å². The number of amides is 1. The van der Waals surface area contributed by atoms with Crippen LogP contribution < -0.4 is 19.7 Å². The van der Waals surface area contributed by atoms with Gasteiger partial charge < -0.3 is 15.0 Å². The van der Waals surface area contributed by atoms with Gasteiger partial charge in [0.2, 0.25) is 0 Å². The number of carbonyl (C=O) groups is 1. The summed E-state index contributed by atoms with van der Waals surface area (Å²) in [6.45, 7) is 7.46. The molecule has 0 radical (unpaired) electrons. The Morgan fingerprint density at radius 1 is 1.00 bits per heavy atom. The molecule has 1 aliphatic heterocycles. The second kappa shape index (κ2) is 12.0. The first-order valence-corrected chi connectivity index (χ1v) is 15.2. The van der Waals surface area contributed by atoms with Gasteiger partial charge in [-0.25, -0.2) is 13.4 Å². The first-order chi connectivity index (χ1) is 18.9. The number of carbonyl (C=O) groups excluding carboxylic acids is 1. The molecule has 3 aromatic carbocycles. The van der Waals surface area contributed by atoms with E-state index in [1.165, 1.54) is 12.1 Å². The van der Waals surface area contributed by atoms with Gasteiger partial charge >= 0.3 is 0 Å². The molecule has 1 aliphatic rings. The van der Waals surface area contributed by atoms with Crippen molar-refractivity contribution in [2.75, 3.05) is 55.5 Å². The summed E-state index contributed by atoms with van der Waals surface area (Å²) >= 11 is 1.69. The van der Waals surface area contributed by atoms with Crippen LogP contribution >= 0.6 is 11.3 Å². The zero-order chi connectivity index (χ0) is 27.2. The second-order valence-corrected chi connectivity index (χ2v) is 11.8. The van der Waals surface area contributed by atoms with Crippen molar-refractivity contribution in [3.8, 4) is 5.75 Å². The van der Waals surface area contributed by atoms with Crippen molar-refractivity contribution in [1.29, 1.82) is 0 Å². The number of sulfonamides is 1. The quantitative estimate of drug-likeness (QED) is 0.299. The normalized spacial score (nSPS) is 14.3. The highest BCUT2D eigenvalue weighted by Crippen LogP contribution is 2.32. The highest BCUT2D eigenvalue weighted by atomic mass is 32.2. The van der Waals surface area contributed by atoms with Crippen LogP contribution in [0.2, 0.25) is 0 Å². The third-order valence-corrected chi connectivity index (χ3v) is 8.94. The molecule has 0 atom stereocenters. The van der Waals surface area contributed by atoms with Crippen LogP contribution in [0.25, 0.3) is 10.2 Å². The fraction of sp³-hybridized carbons (Fsp3) is 0.286. The molecule has 9 nitrogen and oxygen atoms in total. The van der Waals surface area contributed by atoms with Gasteiger partial charge in [0.05, 0.1) is 21.7 Å². The van der Waals surface area contributed by atoms with E-state index < -0.39 is 10.0 Å². The van der Waals surface area contributed by atoms with Gasteiger partial charge in [-0.2, -0.15) is 0 Å². The summed E-state index contributed by atoms with van der Waals surface area (Å²) in [4.78, 5) is 22.2. The molecule has 204 valence electrons. The number of rotatable bonds is 10. The molecular formula is C28H31N5O4S2. The number of nitrogens with zero attached hydrogens (tertiary/aromatic N) is 3. The Morgan fingerprint density at radius 3 is 2.46 bits per heavy atom. The lowest BCUT2D eigenvalue weighted by Crippen LogP contribution is -2.48. The largest absolute Gasteiger partial charge is 0.494 e. The number of hydrogen-bond donors (Lipinski definition) is 2. The number of fused-ring (bicyclic) bond motifs is 1. The number of thiazole rings is 1. The molecule has 1 fully saturated rings. The van der Waals surface area contributed by atoms with Crippen LogP contribution in [0.5, 0.6) is 5.75 Å². The number of piperazine rings is 1. The second-order valence-electron chi connectivity index (χ2n) is 9.14. The molecule has 2 N–H and O–H groups in total. The standard InChI is InChI=1S/C28H31N5O4S2/c1-2-37-23-12-13-25-26(20-23)38-28(30-25)33-18-16-32(17-19-33)15-14-29-27(34)21-8-10-22(11-9-21)31-39(35,36)24-6-4-3-5-7-24/h3-13,20,31H,2,14-19H2,1H3,(H,29,34). The van der Waals surface area contributed by atoms with E-state index in [0.717, 1.165) is 53.8 Å². The maximum Gasteiger partial charge on any atom is 0.261 e. The monoisotopic (exact) mass is 565 g/mol. The lowest BCUT2D eigenvalue weighted by molar-refractivity contribution is 0.0948. The van der Waals surface area contributed by atoms with Gasteiger partial charge in [0.1, 0.15) is 5.75 Å². The topological polar surface area (TPSA) is 104 Å². The third-order valence-electron chi connectivity index (χ3n) is 6.47. The minimum atomic E-state index is -3.67. The summed E-state index contributed by atoms with van der Waals surface area (Å²) < 4.78 is 34.2. The number of benzene rings is 3. The minimum absolute atomic E-state index is 0.184. The average Bonchev–Trinajstić information content (AvgIpc) is 3.38. The predicted molar refractivity (Wildman–Crippen MR) is 155 cm³/mol. The van der Waals surface area contributed by atoms with Crippen LogP contribution in [0.3, 0.4) is 0 Å². The molecule has 0 spiro atoms. The molecule has 1 amide bonds. The number of anilines is 2. The van der Waals surface area contributed by atoms with Crippen LogP contribution in [0, 0.1) is 0 Å². The Bertz CT molecular complexity index is 1520. The van der Waals surface area contributed by atoms with Crippen molar-refractivity contribution in [2.45, 2.75) is 11.8 Å². The van der Waals surface area contributed by atoms with Crippen LogP contribution in [0.4, 0.5) is 10.8 Å². The summed E-state index contributed by atoms with van der Waals surface area (Å²) in [5.74, 6) is 0.683. The van der Waals surface area contributed by atoms with Gasteiger partial charge in [-0.3, -0.25) is 14.4 Å². The summed E-state index contributed by atoms with van der Waals surface area (Å²) in [5, 5.41) is 3.99. The zero-order valence-electron chi connectivity index (χ0n) is 21.7. The van der Waals surface area contributed by atoms with E-state index in [1.54, 1.807) is 53.8 Å². The maximum atomic E-state index is 12.6. The molecule has 4 aromatic rings. The Balaban J connectivity index is 1.07. The van der Waals surface area contributed by atoms with Crippen LogP contribution in [-0.2, 0) is 10.0 Å². The molecule has 0 unspecified atom stereocenters. The lowest BCUT2D eigenvalue weighted by atomic mass is 10.2. The highest BCUT2D eigenvalue weighted by molar-refractivity contribution is 7.92. The van der Waals surface area contributed by atoms with Gasteiger partial charge in [0.25, 0.3) is 15.9 Å². The van der Waals surface area contributed by atoms with Gasteiger partial charge in [-0.1, -0.05) is 29.5 Å². The van der Waals surface area contributed by atoms with Crippen molar-refractivity contribution in [2.24, 2.45) is 0 Å². The van der Waals surface area contributed by atoms with Crippen LogP contribution in [-0.4, -0.2) is 70.1 Å². The van der Waals surface area contributed by atoms with Crippen molar-refractivity contribution in [1.82, 2.24) is 15.2 Å². The lowest BCUT2D eigenvalue weighted by Gasteiger charge is -2.34. The van der Waals surface area contributed by atoms with E-state index >= 15 is 0 Å². The van der Waals surface area contributed by atoms with E-state index in [-0.39, 0.29) is 10.8 Å². The fourth-order valence-corrected chi connectivity index (χ4v) is 6.51. The van der Waals surface area contributed by atoms with Gasteiger partial charge in [0.15, 0.2) is 5.13 Å². The van der Waals surface area contributed by atoms with Crippen molar-refractivity contribution in [3.05, 3.63) is 78.4 Å². The SMILES string of the molecule is CCOc1ccc2nc(N3CCN(CCNC(=O)c4ccc(NS(=O)(=O)c5ccccc5)cc4)CC3)sc2c1. The molecule has 5 rings (SSSR count). The Labute approximate surface area is 232 Å².